The van der Waals surface area contributed by atoms with Gasteiger partial charge in [0.05, 0.1) is 0 Å². The third-order valence-electron chi connectivity index (χ3n) is 3.06. The monoisotopic (exact) mass is 289 g/mol. The van der Waals surface area contributed by atoms with E-state index in [2.05, 4.69) is 54.3 Å². The Morgan fingerprint density at radius 1 is 1.15 bits per heavy atom. The quantitative estimate of drug-likeness (QED) is 0.830. The van der Waals surface area contributed by atoms with Crippen LogP contribution in [0.15, 0.2) is 30.3 Å². The number of benzene rings is 1. The molecule has 0 spiro atoms. The van der Waals surface area contributed by atoms with Crippen molar-refractivity contribution in [3.63, 3.8) is 0 Å². The third kappa shape index (κ3) is 3.48. The predicted octanol–water partition coefficient (Wildman–Crippen LogP) is 4.73. The predicted molar refractivity (Wildman–Crippen MR) is 84.8 cm³/mol. The molecule has 0 unspecified atom stereocenters. The van der Waals surface area contributed by atoms with Gasteiger partial charge >= 0.3 is 0 Å². The largest absolute Gasteiger partial charge is 0.340 e. The zero-order chi connectivity index (χ0) is 14.8. The molecule has 3 nitrogen and oxygen atoms in total. The Labute approximate surface area is 125 Å². The van der Waals surface area contributed by atoms with Crippen LogP contribution in [-0.2, 0) is 11.8 Å². The molecule has 2 aromatic rings. The van der Waals surface area contributed by atoms with Gasteiger partial charge in [-0.3, -0.25) is 0 Å². The highest BCUT2D eigenvalue weighted by Gasteiger charge is 2.17. The molecule has 0 saturated carbocycles. The number of halogens is 1. The second kappa shape index (κ2) is 5.80. The summed E-state index contributed by atoms with van der Waals surface area (Å²) in [6.45, 7) is 8.59. The van der Waals surface area contributed by atoms with E-state index in [1.807, 2.05) is 13.0 Å². The number of aryl methyl sites for hydroxylation is 1. The van der Waals surface area contributed by atoms with Gasteiger partial charge in [0.25, 0.3) is 0 Å². The van der Waals surface area contributed by atoms with Crippen LogP contribution in [0.4, 0.5) is 11.5 Å². The maximum Gasteiger partial charge on any atom is 0.135 e. The number of para-hydroxylation sites is 1. The van der Waals surface area contributed by atoms with Crippen molar-refractivity contribution in [3.8, 4) is 0 Å². The zero-order valence-electron chi connectivity index (χ0n) is 12.4. The van der Waals surface area contributed by atoms with Crippen LogP contribution in [0, 0.1) is 0 Å². The summed E-state index contributed by atoms with van der Waals surface area (Å²) in [5.41, 5.74) is 2.36. The Morgan fingerprint density at radius 2 is 1.85 bits per heavy atom. The van der Waals surface area contributed by atoms with E-state index in [1.54, 1.807) is 6.07 Å². The molecular weight excluding hydrogens is 270 g/mol. The van der Waals surface area contributed by atoms with E-state index in [0.717, 1.165) is 23.8 Å². The van der Waals surface area contributed by atoms with Crippen LogP contribution in [0.2, 0.25) is 5.15 Å². The second-order valence-electron chi connectivity index (χ2n) is 5.77. The van der Waals surface area contributed by atoms with Gasteiger partial charge < -0.3 is 5.32 Å². The van der Waals surface area contributed by atoms with Crippen LogP contribution in [0.1, 0.15) is 39.1 Å². The second-order valence-corrected chi connectivity index (χ2v) is 6.15. The Bertz CT molecular complexity index is 603. The maximum atomic E-state index is 6.03. The number of rotatable bonds is 3. The lowest BCUT2D eigenvalue weighted by Crippen LogP contribution is -2.14. The maximum absolute atomic E-state index is 6.03. The zero-order valence-corrected chi connectivity index (χ0v) is 13.1. The number of aromatic nitrogens is 2. The van der Waals surface area contributed by atoms with E-state index in [1.165, 1.54) is 5.56 Å². The molecule has 2 rings (SSSR count). The first-order valence-electron chi connectivity index (χ1n) is 6.80. The number of anilines is 2. The average molecular weight is 290 g/mol. The summed E-state index contributed by atoms with van der Waals surface area (Å²) in [6, 6.07) is 10.0. The summed E-state index contributed by atoms with van der Waals surface area (Å²) >= 11 is 6.03. The van der Waals surface area contributed by atoms with Crippen molar-refractivity contribution in [2.24, 2.45) is 0 Å². The van der Waals surface area contributed by atoms with Crippen LogP contribution in [0.25, 0.3) is 0 Å². The van der Waals surface area contributed by atoms with Gasteiger partial charge in [0.1, 0.15) is 16.8 Å². The summed E-state index contributed by atoms with van der Waals surface area (Å²) in [5, 5.41) is 3.82. The SMILES string of the molecule is CCc1nc(Cl)cc(Nc2ccccc2C(C)(C)C)n1. The van der Waals surface area contributed by atoms with Crippen LogP contribution in [0.5, 0.6) is 0 Å². The summed E-state index contributed by atoms with van der Waals surface area (Å²) < 4.78 is 0. The van der Waals surface area contributed by atoms with Gasteiger partial charge in [0.15, 0.2) is 0 Å². The van der Waals surface area contributed by atoms with Gasteiger partial charge in [-0.2, -0.15) is 0 Å². The first-order chi connectivity index (χ1) is 9.40. The standard InChI is InChI=1S/C16H20ClN3/c1-5-14-19-13(17)10-15(20-14)18-12-9-7-6-8-11(12)16(2,3)4/h6-10H,5H2,1-4H3,(H,18,19,20). The molecule has 0 fully saturated rings. The van der Waals surface area contributed by atoms with Crippen LogP contribution in [0.3, 0.4) is 0 Å². The van der Waals surface area contributed by atoms with Gasteiger partial charge in [-0.05, 0) is 17.0 Å². The van der Waals surface area contributed by atoms with E-state index in [0.29, 0.717) is 5.15 Å². The molecule has 0 aliphatic carbocycles. The molecule has 1 N–H and O–H groups in total. The summed E-state index contributed by atoms with van der Waals surface area (Å²) in [5.74, 6) is 1.48. The van der Waals surface area contributed by atoms with Crippen molar-refractivity contribution in [1.29, 1.82) is 0 Å². The fourth-order valence-corrected chi connectivity index (χ4v) is 2.27. The molecule has 0 bridgehead atoms. The van der Waals surface area contributed by atoms with Gasteiger partial charge in [-0.1, -0.05) is 57.5 Å². The van der Waals surface area contributed by atoms with Crippen LogP contribution in [-0.4, -0.2) is 9.97 Å². The Hall–Kier alpha value is -1.61. The Kier molecular flexibility index (Phi) is 4.29. The van der Waals surface area contributed by atoms with Crippen molar-refractivity contribution in [3.05, 3.63) is 46.9 Å². The van der Waals surface area contributed by atoms with Gasteiger partial charge in [-0.15, -0.1) is 0 Å². The minimum absolute atomic E-state index is 0.0635. The highest BCUT2D eigenvalue weighted by Crippen LogP contribution is 2.31. The molecule has 0 saturated heterocycles. The third-order valence-corrected chi connectivity index (χ3v) is 3.25. The molecule has 0 amide bonds. The molecule has 0 atom stereocenters. The van der Waals surface area contributed by atoms with Crippen molar-refractivity contribution in [2.75, 3.05) is 5.32 Å². The van der Waals surface area contributed by atoms with E-state index in [-0.39, 0.29) is 5.41 Å². The van der Waals surface area contributed by atoms with Crippen molar-refractivity contribution in [2.45, 2.75) is 39.5 Å². The minimum atomic E-state index is 0.0635. The highest BCUT2D eigenvalue weighted by atomic mass is 35.5. The fourth-order valence-electron chi connectivity index (χ4n) is 2.07. The first-order valence-corrected chi connectivity index (χ1v) is 7.18. The topological polar surface area (TPSA) is 37.8 Å². The number of hydrogen-bond donors (Lipinski definition) is 1. The molecule has 106 valence electrons. The lowest BCUT2D eigenvalue weighted by Gasteiger charge is -2.23. The molecule has 1 aromatic carbocycles. The van der Waals surface area contributed by atoms with Gasteiger partial charge in [0.2, 0.25) is 0 Å². The molecule has 1 aromatic heterocycles. The first kappa shape index (κ1) is 14.8. The molecule has 0 aliphatic heterocycles. The normalized spacial score (nSPS) is 11.4. The lowest BCUT2D eigenvalue weighted by atomic mass is 9.86. The van der Waals surface area contributed by atoms with E-state index in [4.69, 9.17) is 11.6 Å². The summed E-state index contributed by atoms with van der Waals surface area (Å²) in [4.78, 5) is 8.64. The lowest BCUT2D eigenvalue weighted by molar-refractivity contribution is 0.592. The Balaban J connectivity index is 2.38. The summed E-state index contributed by atoms with van der Waals surface area (Å²) in [6.07, 6.45) is 0.760. The number of nitrogens with one attached hydrogen (secondary N) is 1. The minimum Gasteiger partial charge on any atom is -0.340 e. The smallest absolute Gasteiger partial charge is 0.135 e. The average Bonchev–Trinajstić information content (AvgIpc) is 2.37. The molecular formula is C16H20ClN3. The van der Waals surface area contributed by atoms with Crippen molar-refractivity contribution in [1.82, 2.24) is 9.97 Å². The van der Waals surface area contributed by atoms with Crippen LogP contribution >= 0.6 is 11.6 Å². The van der Waals surface area contributed by atoms with Gasteiger partial charge in [-0.25, -0.2) is 9.97 Å². The molecule has 0 radical (unpaired) electrons. The number of hydrogen-bond acceptors (Lipinski definition) is 3. The molecule has 4 heteroatoms. The molecule has 1 heterocycles. The fraction of sp³-hybridized carbons (Fsp3) is 0.375. The van der Waals surface area contributed by atoms with Gasteiger partial charge in [0, 0.05) is 18.2 Å². The van der Waals surface area contributed by atoms with Crippen LogP contribution < -0.4 is 5.32 Å². The summed E-state index contributed by atoms with van der Waals surface area (Å²) in [7, 11) is 0. The van der Waals surface area contributed by atoms with Crippen molar-refractivity contribution < 1.29 is 0 Å². The van der Waals surface area contributed by atoms with E-state index >= 15 is 0 Å². The van der Waals surface area contributed by atoms with E-state index < -0.39 is 0 Å². The van der Waals surface area contributed by atoms with E-state index in [9.17, 15) is 0 Å². The molecule has 20 heavy (non-hydrogen) atoms. The van der Waals surface area contributed by atoms with Crippen molar-refractivity contribution >= 4 is 23.1 Å². The Morgan fingerprint density at radius 3 is 2.50 bits per heavy atom. The molecule has 0 aliphatic rings. The highest BCUT2D eigenvalue weighted by molar-refractivity contribution is 6.29. The number of nitrogens with zero attached hydrogens (tertiary/aromatic N) is 2.